The quantitative estimate of drug-likeness (QED) is 0.651. The summed E-state index contributed by atoms with van der Waals surface area (Å²) in [5.41, 5.74) is 1.10. The Hall–Kier alpha value is -0.970. The van der Waals surface area contributed by atoms with Crippen LogP contribution in [0.2, 0.25) is 5.02 Å². The molecule has 0 aromatic heterocycles. The first-order valence-electron chi connectivity index (χ1n) is 7.55. The smallest absolute Gasteiger partial charge is 0.180 e. The van der Waals surface area contributed by atoms with E-state index in [1.807, 2.05) is 40.0 Å². The molecule has 0 atom stereocenters. The first-order valence-corrected chi connectivity index (χ1v) is 7.93. The summed E-state index contributed by atoms with van der Waals surface area (Å²) in [6, 6.07) is 3.94. The summed E-state index contributed by atoms with van der Waals surface area (Å²) in [6.07, 6.45) is 1.16. The van der Waals surface area contributed by atoms with E-state index in [2.05, 4.69) is 10.6 Å². The van der Waals surface area contributed by atoms with E-state index in [-0.39, 0.29) is 6.10 Å². The number of halogens is 1. The van der Waals surface area contributed by atoms with Crippen molar-refractivity contribution in [3.63, 3.8) is 0 Å². The zero-order valence-corrected chi connectivity index (χ0v) is 14.2. The number of nitrogens with one attached hydrogen (secondary N) is 2. The van der Waals surface area contributed by atoms with E-state index < -0.39 is 0 Å². The van der Waals surface area contributed by atoms with Crippen molar-refractivity contribution in [3.05, 3.63) is 22.7 Å². The molecule has 2 N–H and O–H groups in total. The Morgan fingerprint density at radius 2 is 2.00 bits per heavy atom. The lowest BCUT2D eigenvalue weighted by molar-refractivity contribution is 0.224. The Morgan fingerprint density at radius 1 is 1.24 bits per heavy atom. The van der Waals surface area contributed by atoms with Crippen LogP contribution in [-0.2, 0) is 6.54 Å². The van der Waals surface area contributed by atoms with Crippen LogP contribution in [0.25, 0.3) is 0 Å². The minimum absolute atomic E-state index is 0.0622. The van der Waals surface area contributed by atoms with Gasteiger partial charge in [-0.1, -0.05) is 11.6 Å². The van der Waals surface area contributed by atoms with Gasteiger partial charge in [0.1, 0.15) is 0 Å². The molecule has 0 spiro atoms. The van der Waals surface area contributed by atoms with E-state index in [0.29, 0.717) is 23.1 Å². The van der Waals surface area contributed by atoms with Gasteiger partial charge >= 0.3 is 0 Å². The molecule has 0 bridgehead atoms. The molecular weight excluding hydrogens is 288 g/mol. The lowest BCUT2D eigenvalue weighted by Crippen LogP contribution is -2.19. The summed E-state index contributed by atoms with van der Waals surface area (Å²) in [4.78, 5) is 0. The molecule has 0 aliphatic heterocycles. The second-order valence-corrected chi connectivity index (χ2v) is 5.55. The molecule has 0 aliphatic rings. The molecule has 5 heteroatoms. The minimum Gasteiger partial charge on any atom is -0.490 e. The summed E-state index contributed by atoms with van der Waals surface area (Å²) < 4.78 is 11.4. The third-order valence-corrected chi connectivity index (χ3v) is 3.11. The van der Waals surface area contributed by atoms with Crippen LogP contribution in [-0.4, -0.2) is 32.8 Å². The molecule has 4 nitrogen and oxygen atoms in total. The second-order valence-electron chi connectivity index (χ2n) is 5.14. The highest BCUT2D eigenvalue weighted by Crippen LogP contribution is 2.37. The first-order chi connectivity index (χ1) is 10.1. The van der Waals surface area contributed by atoms with Crippen LogP contribution in [0.5, 0.6) is 11.5 Å². The van der Waals surface area contributed by atoms with E-state index in [0.717, 1.165) is 31.6 Å². The van der Waals surface area contributed by atoms with Gasteiger partial charge in [-0.25, -0.2) is 0 Å². The van der Waals surface area contributed by atoms with Crippen molar-refractivity contribution >= 4 is 11.6 Å². The fraction of sp³-hybridized carbons (Fsp3) is 0.625. The van der Waals surface area contributed by atoms with Crippen molar-refractivity contribution in [2.45, 2.75) is 39.8 Å². The highest BCUT2D eigenvalue weighted by Gasteiger charge is 2.13. The summed E-state index contributed by atoms with van der Waals surface area (Å²) >= 11 is 6.33. The van der Waals surface area contributed by atoms with E-state index in [1.54, 1.807) is 0 Å². The standard InChI is InChI=1S/C16H27ClN2O2/c1-5-20-15-10-13(11-19-8-6-7-18-4)9-14(17)16(15)21-12(2)3/h9-10,12,18-19H,5-8,11H2,1-4H3. The molecule has 0 saturated heterocycles. The maximum Gasteiger partial charge on any atom is 0.180 e. The normalized spacial score (nSPS) is 11.0. The van der Waals surface area contributed by atoms with Crippen molar-refractivity contribution in [1.82, 2.24) is 10.6 Å². The Bertz CT molecular complexity index is 425. The lowest BCUT2D eigenvalue weighted by atomic mass is 10.2. The van der Waals surface area contributed by atoms with Gasteiger partial charge in [0.2, 0.25) is 0 Å². The molecule has 1 aromatic rings. The molecule has 0 radical (unpaired) electrons. The monoisotopic (exact) mass is 314 g/mol. The Labute approximate surface area is 133 Å². The van der Waals surface area contributed by atoms with Crippen molar-refractivity contribution in [1.29, 1.82) is 0 Å². The fourth-order valence-electron chi connectivity index (χ4n) is 1.96. The highest BCUT2D eigenvalue weighted by molar-refractivity contribution is 6.32. The first kappa shape index (κ1) is 18.1. The minimum atomic E-state index is 0.0622. The topological polar surface area (TPSA) is 42.5 Å². The van der Waals surface area contributed by atoms with Crippen LogP contribution in [0, 0.1) is 0 Å². The van der Waals surface area contributed by atoms with Gasteiger partial charge in [0.15, 0.2) is 11.5 Å². The molecule has 21 heavy (non-hydrogen) atoms. The molecule has 0 heterocycles. The molecular formula is C16H27ClN2O2. The molecule has 0 saturated carbocycles. The highest BCUT2D eigenvalue weighted by atomic mass is 35.5. The summed E-state index contributed by atoms with van der Waals surface area (Å²) in [5, 5.41) is 7.13. The second kappa shape index (κ2) is 9.87. The average Bonchev–Trinajstić information content (AvgIpc) is 2.42. The molecule has 0 unspecified atom stereocenters. The van der Waals surface area contributed by atoms with Crippen molar-refractivity contribution in [2.24, 2.45) is 0 Å². The lowest BCUT2D eigenvalue weighted by Gasteiger charge is -2.17. The van der Waals surface area contributed by atoms with Crippen LogP contribution in [0.3, 0.4) is 0 Å². The van der Waals surface area contributed by atoms with Gasteiger partial charge in [0.05, 0.1) is 17.7 Å². The number of ether oxygens (including phenoxy) is 2. The number of rotatable bonds is 10. The van der Waals surface area contributed by atoms with Crippen LogP contribution in [0.15, 0.2) is 12.1 Å². The summed E-state index contributed by atoms with van der Waals surface area (Å²) in [5.74, 6) is 1.35. The molecule has 0 fully saturated rings. The van der Waals surface area contributed by atoms with E-state index in [9.17, 15) is 0 Å². The van der Waals surface area contributed by atoms with Gasteiger partial charge in [0, 0.05) is 6.54 Å². The zero-order valence-electron chi connectivity index (χ0n) is 13.5. The SMILES string of the molecule is CCOc1cc(CNCCCNC)cc(Cl)c1OC(C)C. The van der Waals surface area contributed by atoms with Crippen LogP contribution < -0.4 is 20.1 Å². The van der Waals surface area contributed by atoms with Gasteiger partial charge in [0.25, 0.3) is 0 Å². The predicted molar refractivity (Wildman–Crippen MR) is 88.6 cm³/mol. The Balaban J connectivity index is 2.73. The molecule has 1 rings (SSSR count). The van der Waals surface area contributed by atoms with Crippen molar-refractivity contribution in [3.8, 4) is 11.5 Å². The maximum absolute atomic E-state index is 6.33. The number of hydrogen-bond acceptors (Lipinski definition) is 4. The van der Waals surface area contributed by atoms with Gasteiger partial charge in [-0.05, 0) is 65.0 Å². The maximum atomic E-state index is 6.33. The third-order valence-electron chi connectivity index (χ3n) is 2.83. The Kier molecular flexibility index (Phi) is 8.50. The zero-order chi connectivity index (χ0) is 15.7. The van der Waals surface area contributed by atoms with Crippen molar-refractivity contribution in [2.75, 3.05) is 26.7 Å². The van der Waals surface area contributed by atoms with Crippen LogP contribution >= 0.6 is 11.6 Å². The Morgan fingerprint density at radius 3 is 2.62 bits per heavy atom. The molecule has 1 aromatic carbocycles. The van der Waals surface area contributed by atoms with E-state index >= 15 is 0 Å². The van der Waals surface area contributed by atoms with Crippen molar-refractivity contribution < 1.29 is 9.47 Å². The average molecular weight is 315 g/mol. The van der Waals surface area contributed by atoms with E-state index in [4.69, 9.17) is 21.1 Å². The third kappa shape index (κ3) is 6.55. The fourth-order valence-corrected chi connectivity index (χ4v) is 2.24. The molecule has 120 valence electrons. The number of hydrogen-bond donors (Lipinski definition) is 2. The molecule has 0 amide bonds. The number of benzene rings is 1. The predicted octanol–water partition coefficient (Wildman–Crippen LogP) is 3.23. The molecule has 0 aliphatic carbocycles. The largest absolute Gasteiger partial charge is 0.490 e. The summed E-state index contributed by atoms with van der Waals surface area (Å²) in [6.45, 7) is 9.24. The van der Waals surface area contributed by atoms with Crippen LogP contribution in [0.4, 0.5) is 0 Å². The van der Waals surface area contributed by atoms with Gasteiger partial charge in [-0.3, -0.25) is 0 Å². The van der Waals surface area contributed by atoms with Crippen LogP contribution in [0.1, 0.15) is 32.8 Å². The van der Waals surface area contributed by atoms with Gasteiger partial charge in [-0.15, -0.1) is 0 Å². The van der Waals surface area contributed by atoms with Gasteiger partial charge < -0.3 is 20.1 Å². The summed E-state index contributed by atoms with van der Waals surface area (Å²) in [7, 11) is 1.96. The van der Waals surface area contributed by atoms with E-state index in [1.165, 1.54) is 0 Å². The van der Waals surface area contributed by atoms with Gasteiger partial charge in [-0.2, -0.15) is 0 Å².